The van der Waals surface area contributed by atoms with E-state index in [1.165, 1.54) is 0 Å². The third-order valence-corrected chi connectivity index (χ3v) is 2.79. The number of hydrogen-bond acceptors (Lipinski definition) is 1. The average molecular weight is 185 g/mol. The predicted molar refractivity (Wildman–Crippen MR) is 34.6 cm³/mol. The van der Waals surface area contributed by atoms with Crippen LogP contribution in [0.1, 0.15) is 13.3 Å². The molecular weight excluding hydrogens is 178 g/mol. The van der Waals surface area contributed by atoms with Crippen molar-refractivity contribution < 1.29 is 4.39 Å². The van der Waals surface area contributed by atoms with Crippen molar-refractivity contribution in [1.29, 1.82) is 0 Å². The van der Waals surface area contributed by atoms with Gasteiger partial charge in [-0.3, -0.25) is 0 Å². The maximum atomic E-state index is 11.6. The topological polar surface area (TPSA) is 0 Å². The summed E-state index contributed by atoms with van der Waals surface area (Å²) < 4.78 is 11.4. The molecule has 0 spiro atoms. The molecule has 42 valence electrons. The summed E-state index contributed by atoms with van der Waals surface area (Å²) in [5.74, 6) is 0. The molecule has 0 radical (unpaired) electrons. The Kier molecular flexibility index (Phi) is 5.05. The van der Waals surface area contributed by atoms with Crippen LogP contribution in [0, 0.1) is 0 Å². The summed E-state index contributed by atoms with van der Waals surface area (Å²) in [4.78, 5) is 0. The van der Waals surface area contributed by atoms with Gasteiger partial charge in [-0.25, -0.2) is 0 Å². The van der Waals surface area contributed by atoms with E-state index in [4.69, 9.17) is 0 Å². The predicted octanol–water partition coefficient (Wildman–Crippen LogP) is 1.77. The van der Waals surface area contributed by atoms with Crippen LogP contribution in [-0.4, -0.2) is 19.0 Å². The SMILES string of the molecule is CCC[Se]C(F)=S. The molecule has 0 unspecified atom stereocenters. The van der Waals surface area contributed by atoms with Crippen LogP contribution in [0.5, 0.6) is 0 Å². The van der Waals surface area contributed by atoms with E-state index in [1.807, 2.05) is 6.92 Å². The number of halogens is 1. The van der Waals surface area contributed by atoms with Gasteiger partial charge in [-0.15, -0.1) is 0 Å². The fourth-order valence-electron chi connectivity index (χ4n) is 0.182. The van der Waals surface area contributed by atoms with E-state index in [1.54, 1.807) is 0 Å². The third kappa shape index (κ3) is 6.54. The van der Waals surface area contributed by atoms with E-state index in [2.05, 4.69) is 12.2 Å². The molecule has 0 aromatic rings. The zero-order chi connectivity index (χ0) is 5.70. The quantitative estimate of drug-likeness (QED) is 0.367. The van der Waals surface area contributed by atoms with Crippen molar-refractivity contribution in [3.63, 3.8) is 0 Å². The molecule has 0 heterocycles. The molecule has 0 atom stereocenters. The van der Waals surface area contributed by atoms with Crippen LogP contribution in [-0.2, 0) is 0 Å². The summed E-state index contributed by atoms with van der Waals surface area (Å²) in [5.41, 5.74) is 0. The van der Waals surface area contributed by atoms with Crippen LogP contribution >= 0.6 is 12.2 Å². The number of rotatable bonds is 3. The van der Waals surface area contributed by atoms with Gasteiger partial charge in [0.25, 0.3) is 0 Å². The molecule has 7 heavy (non-hydrogen) atoms. The van der Waals surface area contributed by atoms with Crippen LogP contribution in [0.25, 0.3) is 0 Å². The summed E-state index contributed by atoms with van der Waals surface area (Å²) in [6.07, 6.45) is 1.05. The standard InChI is InChI=1S/C4H7FSSe/c1-2-3-7-4(5)6/h2-3H2,1H3. The minimum absolute atomic E-state index is 0.00984. The fraction of sp³-hybridized carbons (Fsp3) is 0.750. The first-order chi connectivity index (χ1) is 3.27. The van der Waals surface area contributed by atoms with Gasteiger partial charge < -0.3 is 0 Å². The first-order valence-electron chi connectivity index (χ1n) is 2.09. The van der Waals surface area contributed by atoms with Gasteiger partial charge in [0.15, 0.2) is 0 Å². The Morgan fingerprint density at radius 3 is 2.57 bits per heavy atom. The van der Waals surface area contributed by atoms with Gasteiger partial charge in [-0.05, 0) is 0 Å². The first kappa shape index (κ1) is 7.54. The molecule has 0 aliphatic carbocycles. The Bertz CT molecular complexity index is 64.7. The Morgan fingerprint density at radius 2 is 2.43 bits per heavy atom. The van der Waals surface area contributed by atoms with Crippen LogP contribution < -0.4 is 0 Å². The Labute approximate surface area is 54.6 Å². The van der Waals surface area contributed by atoms with Crippen LogP contribution in [0.3, 0.4) is 0 Å². The molecular formula is C4H7FSSe. The molecule has 0 aromatic heterocycles. The van der Waals surface area contributed by atoms with Crippen LogP contribution in [0.15, 0.2) is 0 Å². The first-order valence-corrected chi connectivity index (χ1v) is 4.57. The van der Waals surface area contributed by atoms with E-state index >= 15 is 0 Å². The average Bonchev–Trinajstić information content (AvgIpc) is 1.61. The second kappa shape index (κ2) is 4.69. The molecule has 0 fully saturated rings. The monoisotopic (exact) mass is 186 g/mol. The van der Waals surface area contributed by atoms with Gasteiger partial charge in [-0.1, -0.05) is 0 Å². The molecule has 3 heteroatoms. The van der Waals surface area contributed by atoms with E-state index in [-0.39, 0.29) is 19.0 Å². The Hall–Kier alpha value is 0.539. The van der Waals surface area contributed by atoms with E-state index < -0.39 is 0 Å². The Balaban J connectivity index is 2.82. The Morgan fingerprint density at radius 1 is 1.86 bits per heavy atom. The van der Waals surface area contributed by atoms with E-state index in [9.17, 15) is 4.39 Å². The molecule has 0 saturated carbocycles. The van der Waals surface area contributed by atoms with Gasteiger partial charge in [0, 0.05) is 0 Å². The minimum atomic E-state index is -0.297. The molecule has 0 rings (SSSR count). The second-order valence-electron chi connectivity index (χ2n) is 1.09. The number of thiocarbonyl (C=S) groups is 1. The second-order valence-corrected chi connectivity index (χ2v) is 4.24. The van der Waals surface area contributed by atoms with Gasteiger partial charge in [-0.2, -0.15) is 0 Å². The van der Waals surface area contributed by atoms with Crippen molar-refractivity contribution in [2.24, 2.45) is 0 Å². The summed E-state index contributed by atoms with van der Waals surface area (Å²) in [7, 11) is 0. The maximum absolute atomic E-state index is 11.6. The molecule has 0 aromatic carbocycles. The van der Waals surface area contributed by atoms with Crippen molar-refractivity contribution in [2.75, 3.05) is 0 Å². The fourth-order valence-corrected chi connectivity index (χ4v) is 1.38. The summed E-state index contributed by atoms with van der Waals surface area (Å²) in [6.45, 7) is 2.03. The number of hydrogen-bond donors (Lipinski definition) is 0. The van der Waals surface area contributed by atoms with Gasteiger partial charge >= 0.3 is 54.2 Å². The molecule has 0 nitrogen and oxygen atoms in total. The van der Waals surface area contributed by atoms with Crippen molar-refractivity contribution in [3.8, 4) is 0 Å². The van der Waals surface area contributed by atoms with Gasteiger partial charge in [0.05, 0.1) is 0 Å². The summed E-state index contributed by atoms with van der Waals surface area (Å²) in [5, 5.41) is 0.947. The van der Waals surface area contributed by atoms with E-state index in [0.717, 1.165) is 11.7 Å². The zero-order valence-corrected chi connectivity index (χ0v) is 6.64. The molecule has 0 saturated heterocycles. The van der Waals surface area contributed by atoms with Gasteiger partial charge in [0.2, 0.25) is 0 Å². The van der Waals surface area contributed by atoms with Crippen molar-refractivity contribution >= 4 is 31.2 Å². The van der Waals surface area contributed by atoms with Crippen LogP contribution in [0.2, 0.25) is 5.32 Å². The summed E-state index contributed by atoms with van der Waals surface area (Å²) in [6, 6.07) is 0. The van der Waals surface area contributed by atoms with Crippen LogP contribution in [0.4, 0.5) is 4.39 Å². The molecule has 0 aliphatic heterocycles. The molecule has 0 amide bonds. The normalized spacial score (nSPS) is 8.86. The third-order valence-electron chi connectivity index (χ3n) is 0.420. The zero-order valence-electron chi connectivity index (χ0n) is 4.11. The van der Waals surface area contributed by atoms with Gasteiger partial charge in [0.1, 0.15) is 0 Å². The van der Waals surface area contributed by atoms with Crippen molar-refractivity contribution in [2.45, 2.75) is 18.7 Å². The van der Waals surface area contributed by atoms with Crippen molar-refractivity contribution in [3.05, 3.63) is 0 Å². The molecule has 0 N–H and O–H groups in total. The van der Waals surface area contributed by atoms with E-state index in [0.29, 0.717) is 0 Å². The summed E-state index contributed by atoms with van der Waals surface area (Å²) >= 11 is 4.21. The molecule has 0 bridgehead atoms. The molecule has 0 aliphatic rings. The van der Waals surface area contributed by atoms with Crippen molar-refractivity contribution in [1.82, 2.24) is 0 Å².